The second-order valence-corrected chi connectivity index (χ2v) is 11.8. The molecule has 2 bridgehead atoms. The van der Waals surface area contributed by atoms with Crippen LogP contribution in [0.15, 0.2) is 72.2 Å². The average Bonchev–Trinajstić information content (AvgIpc) is 3.05. The normalized spacial score (nSPS) is 18.7. The van der Waals surface area contributed by atoms with Crippen molar-refractivity contribution in [2.24, 2.45) is 10.9 Å². The van der Waals surface area contributed by atoms with Gasteiger partial charge in [0.05, 0.1) is 28.0 Å². The van der Waals surface area contributed by atoms with Crippen molar-refractivity contribution in [3.05, 3.63) is 95.1 Å². The number of fused-ring (bicyclic) bond motifs is 4. The number of aliphatic imine (C=N–C) groups is 1. The highest BCUT2D eigenvalue weighted by Gasteiger charge is 2.31. The highest BCUT2D eigenvalue weighted by atomic mass is 35.5. The van der Waals surface area contributed by atoms with E-state index in [1.165, 1.54) is 13.2 Å². The van der Waals surface area contributed by atoms with E-state index in [-0.39, 0.29) is 59.3 Å². The molecule has 0 aliphatic carbocycles. The van der Waals surface area contributed by atoms with Crippen molar-refractivity contribution in [1.82, 2.24) is 9.88 Å². The molecule has 0 radical (unpaired) electrons. The van der Waals surface area contributed by atoms with Crippen LogP contribution in [-0.4, -0.2) is 54.9 Å². The van der Waals surface area contributed by atoms with E-state index in [1.54, 1.807) is 24.2 Å². The van der Waals surface area contributed by atoms with Crippen molar-refractivity contribution in [2.75, 3.05) is 37.9 Å². The Labute approximate surface area is 277 Å². The lowest BCUT2D eigenvalue weighted by Crippen LogP contribution is -2.38. The van der Waals surface area contributed by atoms with Gasteiger partial charge in [-0.1, -0.05) is 31.0 Å². The van der Waals surface area contributed by atoms with Crippen LogP contribution in [0.3, 0.4) is 0 Å². The molecule has 0 saturated heterocycles. The first-order chi connectivity index (χ1) is 22.6. The first kappa shape index (κ1) is 33.7. The molecule has 246 valence electrons. The zero-order valence-corrected chi connectivity index (χ0v) is 27.2. The molecule has 2 aliphatic rings. The molecule has 2 amide bonds. The summed E-state index contributed by atoms with van der Waals surface area (Å²) in [6, 6.07) is 11.1. The Morgan fingerprint density at radius 2 is 2.00 bits per heavy atom. The summed E-state index contributed by atoms with van der Waals surface area (Å²) < 4.78 is 40.1. The minimum atomic E-state index is -0.883. The molecule has 3 heterocycles. The van der Waals surface area contributed by atoms with Crippen molar-refractivity contribution in [3.63, 3.8) is 0 Å². The number of nitrogens with zero attached hydrogens (tertiary/aromatic N) is 3. The van der Waals surface area contributed by atoms with Crippen LogP contribution in [0, 0.1) is 17.6 Å². The Balaban J connectivity index is 1.47. The summed E-state index contributed by atoms with van der Waals surface area (Å²) in [5.74, 6) is -1.91. The monoisotopic (exact) mass is 663 g/mol. The fraction of sp³-hybridized carbons (Fsp3) is 0.314. The Bertz CT molecular complexity index is 1760. The number of benzene rings is 2. The van der Waals surface area contributed by atoms with E-state index in [0.717, 1.165) is 23.3 Å². The molecular weight excluding hydrogens is 628 g/mol. The number of aromatic nitrogens is 1. The number of nitrogens with one attached hydrogen (secondary N) is 2. The van der Waals surface area contributed by atoms with Crippen LogP contribution in [0.1, 0.15) is 49.9 Å². The van der Waals surface area contributed by atoms with E-state index in [9.17, 15) is 18.4 Å². The summed E-state index contributed by atoms with van der Waals surface area (Å²) in [5, 5.41) is 5.97. The van der Waals surface area contributed by atoms with Gasteiger partial charge in [-0.3, -0.25) is 19.6 Å². The summed E-state index contributed by atoms with van der Waals surface area (Å²) >= 11 is 5.92. The highest BCUT2D eigenvalue weighted by Crippen LogP contribution is 2.38. The molecule has 9 nitrogen and oxygen atoms in total. The van der Waals surface area contributed by atoms with Gasteiger partial charge in [0.2, 0.25) is 17.7 Å². The topological polar surface area (TPSA) is 105 Å². The quantitative estimate of drug-likeness (QED) is 0.118. The van der Waals surface area contributed by atoms with Gasteiger partial charge in [0, 0.05) is 50.1 Å². The van der Waals surface area contributed by atoms with Crippen molar-refractivity contribution < 1.29 is 27.8 Å². The maximum absolute atomic E-state index is 14.8. The lowest BCUT2D eigenvalue weighted by molar-refractivity contribution is -0.129. The van der Waals surface area contributed by atoms with E-state index in [1.807, 2.05) is 31.2 Å². The molecule has 12 heteroatoms. The SMILES string of the molecule is C=C(Nc1ccc2c(c1)NC(=O)C(C)CCCC(N1CCC(c3c(F)ccc(Cl)c3F)=CC1=O)c1cc-2ccn1)OC(COC)=NC. The number of hydrogen-bond acceptors (Lipinski definition) is 7. The van der Waals surface area contributed by atoms with Gasteiger partial charge in [-0.15, -0.1) is 0 Å². The average molecular weight is 664 g/mol. The Hall–Kier alpha value is -4.61. The molecule has 47 heavy (non-hydrogen) atoms. The Morgan fingerprint density at radius 1 is 1.19 bits per heavy atom. The van der Waals surface area contributed by atoms with Crippen LogP contribution >= 0.6 is 11.6 Å². The van der Waals surface area contributed by atoms with E-state index in [4.69, 9.17) is 21.1 Å². The van der Waals surface area contributed by atoms with Crippen LogP contribution in [0.25, 0.3) is 16.7 Å². The highest BCUT2D eigenvalue weighted by molar-refractivity contribution is 6.31. The van der Waals surface area contributed by atoms with Crippen LogP contribution < -0.4 is 10.6 Å². The maximum atomic E-state index is 14.8. The Kier molecular flexibility index (Phi) is 10.7. The molecule has 2 N–H and O–H groups in total. The van der Waals surface area contributed by atoms with E-state index < -0.39 is 17.7 Å². The molecule has 0 spiro atoms. The zero-order valence-electron chi connectivity index (χ0n) is 26.4. The molecule has 5 rings (SSSR count). The number of halogens is 3. The van der Waals surface area contributed by atoms with Gasteiger partial charge in [-0.2, -0.15) is 0 Å². The number of hydrogen-bond donors (Lipinski definition) is 2. The van der Waals surface area contributed by atoms with E-state index in [0.29, 0.717) is 42.2 Å². The standard InChI is InChI=1S/C35H36ClF2N5O4/c1-20-6-5-7-30(43-15-13-23(17-32(43)44)33-27(37)11-10-26(36)34(33)38)29-16-22(12-14-40-29)25-9-8-24(18-28(25)42-35(20)45)41-21(2)47-31(39-3)19-46-4/h8-12,14,16-18,20,30,41H,2,5-7,13,15,19H2,1,3-4H3,(H,42,45). The van der Waals surface area contributed by atoms with Crippen LogP contribution in [0.4, 0.5) is 20.2 Å². The fourth-order valence-electron chi connectivity index (χ4n) is 5.82. The molecule has 0 fully saturated rings. The summed E-state index contributed by atoms with van der Waals surface area (Å²) in [5.41, 5.74) is 3.39. The fourth-order valence-corrected chi connectivity index (χ4v) is 5.98. The number of carbonyl (C=O) groups excluding carboxylic acids is 2. The first-order valence-corrected chi connectivity index (χ1v) is 15.6. The summed E-state index contributed by atoms with van der Waals surface area (Å²) in [6.45, 7) is 6.19. The largest absolute Gasteiger partial charge is 0.425 e. The summed E-state index contributed by atoms with van der Waals surface area (Å²) in [7, 11) is 3.13. The lowest BCUT2D eigenvalue weighted by atomic mass is 9.92. The molecule has 0 saturated carbocycles. The maximum Gasteiger partial charge on any atom is 0.247 e. The molecule has 1 aromatic heterocycles. The second kappa shape index (κ2) is 14.9. The zero-order chi connectivity index (χ0) is 33.7. The second-order valence-electron chi connectivity index (χ2n) is 11.4. The van der Waals surface area contributed by atoms with Crippen LogP contribution in [0.5, 0.6) is 0 Å². The number of methoxy groups -OCH3 is 1. The van der Waals surface area contributed by atoms with Gasteiger partial charge in [0.15, 0.2) is 11.7 Å². The van der Waals surface area contributed by atoms with Crippen LogP contribution in [0.2, 0.25) is 5.02 Å². The van der Waals surface area contributed by atoms with Gasteiger partial charge in [0.1, 0.15) is 12.4 Å². The van der Waals surface area contributed by atoms with Gasteiger partial charge in [0.25, 0.3) is 0 Å². The van der Waals surface area contributed by atoms with Crippen molar-refractivity contribution in [3.8, 4) is 11.1 Å². The van der Waals surface area contributed by atoms with Crippen molar-refractivity contribution in [2.45, 2.75) is 38.6 Å². The van der Waals surface area contributed by atoms with E-state index in [2.05, 4.69) is 27.2 Å². The predicted octanol–water partition coefficient (Wildman–Crippen LogP) is 7.37. The third-order valence-electron chi connectivity index (χ3n) is 8.26. The molecule has 3 aromatic rings. The van der Waals surface area contributed by atoms with E-state index >= 15 is 0 Å². The van der Waals surface area contributed by atoms with Gasteiger partial charge < -0.3 is 25.0 Å². The number of ether oxygens (including phenoxy) is 2. The molecule has 2 aliphatic heterocycles. The smallest absolute Gasteiger partial charge is 0.247 e. The van der Waals surface area contributed by atoms with Gasteiger partial charge >= 0.3 is 0 Å². The predicted molar refractivity (Wildman–Crippen MR) is 179 cm³/mol. The first-order valence-electron chi connectivity index (χ1n) is 15.2. The number of amides is 2. The lowest BCUT2D eigenvalue weighted by Gasteiger charge is -2.34. The number of pyridine rings is 1. The number of rotatable bonds is 7. The minimum absolute atomic E-state index is 0.141. The molecule has 2 unspecified atom stereocenters. The minimum Gasteiger partial charge on any atom is -0.425 e. The van der Waals surface area contributed by atoms with Gasteiger partial charge in [-0.05, 0) is 73.4 Å². The number of carbonyl (C=O) groups is 2. The van der Waals surface area contributed by atoms with Gasteiger partial charge in [-0.25, -0.2) is 8.78 Å². The van der Waals surface area contributed by atoms with Crippen LogP contribution in [-0.2, 0) is 19.1 Å². The third-order valence-corrected chi connectivity index (χ3v) is 8.55. The molecular formula is C35H36ClF2N5O4. The molecule has 2 aromatic carbocycles. The number of anilines is 2. The summed E-state index contributed by atoms with van der Waals surface area (Å²) in [6.07, 6.45) is 4.95. The van der Waals surface area contributed by atoms with Crippen molar-refractivity contribution >= 4 is 46.3 Å². The van der Waals surface area contributed by atoms with Crippen molar-refractivity contribution in [1.29, 1.82) is 0 Å². The molecule has 2 atom stereocenters. The summed E-state index contributed by atoms with van der Waals surface area (Å²) in [4.78, 5) is 37.3. The third kappa shape index (κ3) is 7.69. The Morgan fingerprint density at radius 3 is 2.74 bits per heavy atom.